The predicted molar refractivity (Wildman–Crippen MR) is 68.9 cm³/mol. The van der Waals surface area contributed by atoms with Gasteiger partial charge in [-0.2, -0.15) is 5.26 Å². The molecule has 4 heteroatoms. The number of rotatable bonds is 2. The van der Waals surface area contributed by atoms with E-state index in [4.69, 9.17) is 10.00 Å². The van der Waals surface area contributed by atoms with Gasteiger partial charge in [0, 0.05) is 5.54 Å². The normalized spacial score (nSPS) is 12.4. The highest BCUT2D eigenvalue weighted by atomic mass is 16.6. The van der Waals surface area contributed by atoms with Crippen LogP contribution in [0.15, 0.2) is 24.3 Å². The Balaban J connectivity index is 2.62. The second-order valence-electron chi connectivity index (χ2n) is 5.16. The van der Waals surface area contributed by atoms with E-state index in [9.17, 15) is 4.79 Å². The fraction of sp³-hybridized carbons (Fsp3) is 0.429. The molecule has 0 saturated heterocycles. The number of nitrogens with one attached hydrogen (secondary N) is 1. The number of amides is 1. The Morgan fingerprint density at radius 3 is 2.33 bits per heavy atom. The minimum absolute atomic E-state index is 0.318. The molecule has 0 unspecified atom stereocenters. The van der Waals surface area contributed by atoms with Gasteiger partial charge >= 0.3 is 6.09 Å². The molecule has 1 aromatic rings. The number of hydrogen-bond acceptors (Lipinski definition) is 3. The third-order valence-corrected chi connectivity index (χ3v) is 2.27. The van der Waals surface area contributed by atoms with Crippen molar-refractivity contribution in [3.63, 3.8) is 0 Å². The van der Waals surface area contributed by atoms with Gasteiger partial charge in [-0.25, -0.2) is 4.79 Å². The largest absolute Gasteiger partial charge is 0.442 e. The lowest BCUT2D eigenvalue weighted by molar-refractivity contribution is 0.100. The first-order valence-corrected chi connectivity index (χ1v) is 5.80. The minimum atomic E-state index is -0.445. The Morgan fingerprint density at radius 1 is 1.33 bits per heavy atom. The van der Waals surface area contributed by atoms with E-state index in [1.54, 1.807) is 31.2 Å². The summed E-state index contributed by atoms with van der Waals surface area (Å²) in [5.41, 5.74) is 1.13. The van der Waals surface area contributed by atoms with Crippen LogP contribution in [0.1, 0.15) is 44.9 Å². The van der Waals surface area contributed by atoms with Gasteiger partial charge in [0.05, 0.1) is 11.6 Å². The van der Waals surface area contributed by atoms with Crippen LogP contribution in [-0.2, 0) is 4.74 Å². The Kier molecular flexibility index (Phi) is 4.33. The van der Waals surface area contributed by atoms with E-state index in [0.717, 1.165) is 5.56 Å². The average molecular weight is 246 g/mol. The van der Waals surface area contributed by atoms with Crippen molar-refractivity contribution in [1.82, 2.24) is 5.32 Å². The number of hydrogen-bond donors (Lipinski definition) is 1. The predicted octanol–water partition coefficient (Wildman–Crippen LogP) is 3.14. The van der Waals surface area contributed by atoms with Gasteiger partial charge < -0.3 is 10.1 Å². The average Bonchev–Trinajstić information content (AvgIpc) is 2.26. The standard InChI is InChI=1S/C14H18N2O2/c1-10(18-13(17)16-14(2,3)4)12-7-5-11(9-15)6-8-12/h5-8,10H,1-4H3,(H,16,17)/t10-/m1/s1. The van der Waals surface area contributed by atoms with E-state index < -0.39 is 6.09 Å². The fourth-order valence-corrected chi connectivity index (χ4v) is 1.39. The van der Waals surface area contributed by atoms with Crippen LogP contribution in [0.25, 0.3) is 0 Å². The molecule has 1 amide bonds. The molecule has 1 atom stereocenters. The molecule has 1 aromatic carbocycles. The smallest absolute Gasteiger partial charge is 0.408 e. The molecule has 0 heterocycles. The van der Waals surface area contributed by atoms with Gasteiger partial charge in [0.25, 0.3) is 0 Å². The van der Waals surface area contributed by atoms with Gasteiger partial charge in [-0.3, -0.25) is 0 Å². The zero-order valence-electron chi connectivity index (χ0n) is 11.2. The molecule has 96 valence electrons. The van der Waals surface area contributed by atoms with Gasteiger partial charge in [-0.1, -0.05) is 12.1 Å². The van der Waals surface area contributed by atoms with Crippen molar-refractivity contribution in [2.24, 2.45) is 0 Å². The summed E-state index contributed by atoms with van der Waals surface area (Å²) in [7, 11) is 0. The van der Waals surface area contributed by atoms with Crippen LogP contribution < -0.4 is 5.32 Å². The summed E-state index contributed by atoms with van der Waals surface area (Å²) in [6, 6.07) is 9.03. The van der Waals surface area contributed by atoms with Crippen LogP contribution in [0.4, 0.5) is 4.79 Å². The maximum atomic E-state index is 11.6. The summed E-state index contributed by atoms with van der Waals surface area (Å²) in [5.74, 6) is 0. The topological polar surface area (TPSA) is 62.1 Å². The minimum Gasteiger partial charge on any atom is -0.442 e. The summed E-state index contributed by atoms with van der Waals surface area (Å²) < 4.78 is 5.25. The van der Waals surface area contributed by atoms with Crippen LogP contribution in [0.5, 0.6) is 0 Å². The third-order valence-electron chi connectivity index (χ3n) is 2.27. The summed E-state index contributed by atoms with van der Waals surface area (Å²) in [5, 5.41) is 11.4. The second kappa shape index (κ2) is 5.54. The van der Waals surface area contributed by atoms with Gasteiger partial charge in [-0.15, -0.1) is 0 Å². The van der Waals surface area contributed by atoms with Gasteiger partial charge in [0.1, 0.15) is 6.10 Å². The van der Waals surface area contributed by atoms with E-state index in [1.165, 1.54) is 0 Å². The lowest BCUT2D eigenvalue weighted by atomic mass is 10.1. The first-order chi connectivity index (χ1) is 8.31. The number of alkyl carbamates (subject to hydrolysis) is 1. The number of carbonyl (C=O) groups is 1. The summed E-state index contributed by atoms with van der Waals surface area (Å²) >= 11 is 0. The van der Waals surface area contributed by atoms with Crippen molar-refractivity contribution in [2.75, 3.05) is 0 Å². The first kappa shape index (κ1) is 14.0. The van der Waals surface area contributed by atoms with Crippen LogP contribution in [0.2, 0.25) is 0 Å². The maximum absolute atomic E-state index is 11.6. The number of ether oxygens (including phenoxy) is 1. The van der Waals surface area contributed by atoms with E-state index >= 15 is 0 Å². The van der Waals surface area contributed by atoms with Crippen molar-refractivity contribution in [3.05, 3.63) is 35.4 Å². The van der Waals surface area contributed by atoms with Gasteiger partial charge in [0.15, 0.2) is 0 Å². The Hall–Kier alpha value is -2.02. The highest BCUT2D eigenvalue weighted by Gasteiger charge is 2.17. The fourth-order valence-electron chi connectivity index (χ4n) is 1.39. The van der Waals surface area contributed by atoms with Gasteiger partial charge in [0.2, 0.25) is 0 Å². The molecule has 1 N–H and O–H groups in total. The third kappa shape index (κ3) is 4.46. The monoisotopic (exact) mass is 246 g/mol. The summed E-state index contributed by atoms with van der Waals surface area (Å²) in [6.07, 6.45) is -0.792. The van der Waals surface area contributed by atoms with Gasteiger partial charge in [-0.05, 0) is 45.4 Å². The number of carbonyl (C=O) groups excluding carboxylic acids is 1. The Morgan fingerprint density at radius 2 is 1.89 bits per heavy atom. The molecule has 1 rings (SSSR count). The highest BCUT2D eigenvalue weighted by molar-refractivity contribution is 5.68. The van der Waals surface area contributed by atoms with E-state index in [-0.39, 0.29) is 11.6 Å². The second-order valence-corrected chi connectivity index (χ2v) is 5.16. The zero-order valence-corrected chi connectivity index (χ0v) is 11.2. The number of nitriles is 1. The molecule has 0 radical (unpaired) electrons. The molecule has 18 heavy (non-hydrogen) atoms. The SMILES string of the molecule is C[C@@H](OC(=O)NC(C)(C)C)c1ccc(C#N)cc1. The van der Waals surface area contributed by atoms with Crippen molar-refractivity contribution < 1.29 is 9.53 Å². The van der Waals surface area contributed by atoms with Crippen molar-refractivity contribution in [1.29, 1.82) is 5.26 Å². The number of benzene rings is 1. The van der Waals surface area contributed by atoms with E-state index in [1.807, 2.05) is 26.8 Å². The molecule has 4 nitrogen and oxygen atoms in total. The van der Waals surface area contributed by atoms with Crippen LogP contribution in [-0.4, -0.2) is 11.6 Å². The first-order valence-electron chi connectivity index (χ1n) is 5.80. The molecule has 0 fully saturated rings. The van der Waals surface area contributed by atoms with E-state index in [0.29, 0.717) is 5.56 Å². The maximum Gasteiger partial charge on any atom is 0.408 e. The highest BCUT2D eigenvalue weighted by Crippen LogP contribution is 2.17. The summed E-state index contributed by atoms with van der Waals surface area (Å²) in [6.45, 7) is 7.46. The quantitative estimate of drug-likeness (QED) is 0.871. The van der Waals surface area contributed by atoms with Crippen molar-refractivity contribution in [3.8, 4) is 6.07 Å². The van der Waals surface area contributed by atoms with Crippen LogP contribution in [0, 0.1) is 11.3 Å². The zero-order chi connectivity index (χ0) is 13.8. The van der Waals surface area contributed by atoms with Crippen molar-refractivity contribution >= 4 is 6.09 Å². The van der Waals surface area contributed by atoms with Crippen molar-refractivity contribution in [2.45, 2.75) is 39.3 Å². The lowest BCUT2D eigenvalue weighted by Gasteiger charge is -2.22. The molecular weight excluding hydrogens is 228 g/mol. The van der Waals surface area contributed by atoms with Crippen LogP contribution in [0.3, 0.4) is 0 Å². The summed E-state index contributed by atoms with van der Waals surface area (Å²) in [4.78, 5) is 11.6. The molecular formula is C14H18N2O2. The van der Waals surface area contributed by atoms with Crippen LogP contribution >= 0.6 is 0 Å². The molecule has 0 aliphatic heterocycles. The molecule has 0 spiro atoms. The molecule has 0 saturated carbocycles. The van der Waals surface area contributed by atoms with E-state index in [2.05, 4.69) is 5.32 Å². The Bertz CT molecular complexity index is 452. The molecule has 0 aliphatic carbocycles. The molecule has 0 aromatic heterocycles. The number of nitrogens with zero attached hydrogens (tertiary/aromatic N) is 1. The Labute approximate surface area is 108 Å². The molecule has 0 bridgehead atoms. The molecule has 0 aliphatic rings. The lowest BCUT2D eigenvalue weighted by Crippen LogP contribution is -2.41.